The van der Waals surface area contributed by atoms with Gasteiger partial charge in [-0.25, -0.2) is 5.43 Å². The first kappa shape index (κ1) is 15.6. The molecule has 1 aromatic carbocycles. The van der Waals surface area contributed by atoms with Gasteiger partial charge in [0, 0.05) is 34.1 Å². The zero-order chi connectivity index (χ0) is 16.1. The molecular weight excluding hydrogens is 356 g/mol. The normalized spacial score (nSPS) is 10.6. The zero-order valence-corrected chi connectivity index (χ0v) is 12.5. The maximum absolute atomic E-state index is 11.7. The summed E-state index contributed by atoms with van der Waals surface area (Å²) < 4.78 is 0.402. The van der Waals surface area contributed by atoms with Gasteiger partial charge in [-0.05, 0) is 18.2 Å². The molecule has 1 amide bonds. The largest absolute Gasteiger partial charge is 0.502 e. The molecule has 0 aliphatic heterocycles. The van der Waals surface area contributed by atoms with E-state index in [4.69, 9.17) is 0 Å². The second kappa shape index (κ2) is 6.76. The highest BCUT2D eigenvalue weighted by molar-refractivity contribution is 9.10. The molecule has 2 aromatic rings. The zero-order valence-electron chi connectivity index (χ0n) is 10.9. The molecule has 0 atom stereocenters. The lowest BCUT2D eigenvalue weighted by molar-refractivity contribution is -0.385. The van der Waals surface area contributed by atoms with Crippen LogP contribution in [0.5, 0.6) is 5.75 Å². The molecule has 2 rings (SSSR count). The number of nitro groups is 1. The summed E-state index contributed by atoms with van der Waals surface area (Å²) in [6, 6.07) is 5.62. The Hall–Kier alpha value is -2.81. The van der Waals surface area contributed by atoms with E-state index in [2.05, 4.69) is 31.4 Å². The van der Waals surface area contributed by atoms with E-state index in [0.717, 1.165) is 6.21 Å². The highest BCUT2D eigenvalue weighted by Crippen LogP contribution is 2.32. The molecule has 2 N–H and O–H groups in total. The quantitative estimate of drug-likeness (QED) is 0.489. The molecule has 0 fully saturated rings. The van der Waals surface area contributed by atoms with Gasteiger partial charge in [0.2, 0.25) is 5.75 Å². The van der Waals surface area contributed by atoms with Crippen molar-refractivity contribution < 1.29 is 14.8 Å². The molecule has 0 saturated carbocycles. The minimum atomic E-state index is -0.715. The lowest BCUT2D eigenvalue weighted by atomic mass is 10.2. The summed E-state index contributed by atoms with van der Waals surface area (Å²) in [4.78, 5) is 25.6. The molecule has 22 heavy (non-hydrogen) atoms. The molecule has 112 valence electrons. The number of nitrogens with zero attached hydrogens (tertiary/aromatic N) is 3. The van der Waals surface area contributed by atoms with E-state index in [9.17, 15) is 20.0 Å². The number of nitro benzene ring substituents is 1. The molecule has 0 bridgehead atoms. The van der Waals surface area contributed by atoms with E-state index in [1.807, 2.05) is 0 Å². The number of pyridine rings is 1. The summed E-state index contributed by atoms with van der Waals surface area (Å²) >= 11 is 3.10. The Balaban J connectivity index is 2.17. The first-order valence-corrected chi connectivity index (χ1v) is 6.68. The van der Waals surface area contributed by atoms with Crippen molar-refractivity contribution in [3.05, 3.63) is 62.4 Å². The van der Waals surface area contributed by atoms with E-state index in [-0.39, 0.29) is 5.56 Å². The standard InChI is InChI=1S/C13H9BrN4O4/c14-10-5-9(12(19)11(6-10)18(21)22)7-16-17-13(20)8-1-3-15-4-2-8/h1-7,19H,(H,17,20)/b16-7+. The maximum atomic E-state index is 11.7. The number of hydrazone groups is 1. The highest BCUT2D eigenvalue weighted by atomic mass is 79.9. The number of hydrogen-bond donors (Lipinski definition) is 2. The van der Waals surface area contributed by atoms with Crippen LogP contribution in [0.2, 0.25) is 0 Å². The van der Waals surface area contributed by atoms with Crippen LogP contribution in [0.3, 0.4) is 0 Å². The second-order valence-electron chi connectivity index (χ2n) is 4.05. The molecule has 9 heteroatoms. The van der Waals surface area contributed by atoms with Crippen molar-refractivity contribution in [2.75, 3.05) is 0 Å². The van der Waals surface area contributed by atoms with Gasteiger partial charge in [0.05, 0.1) is 11.1 Å². The Morgan fingerprint density at radius 3 is 2.73 bits per heavy atom. The molecule has 1 heterocycles. The van der Waals surface area contributed by atoms with Crippen molar-refractivity contribution in [3.8, 4) is 5.75 Å². The van der Waals surface area contributed by atoms with Gasteiger partial charge in [-0.1, -0.05) is 15.9 Å². The summed E-state index contributed by atoms with van der Waals surface area (Å²) in [6.07, 6.45) is 4.04. The number of benzene rings is 1. The van der Waals surface area contributed by atoms with Gasteiger partial charge in [-0.2, -0.15) is 5.10 Å². The van der Waals surface area contributed by atoms with Crippen molar-refractivity contribution in [1.82, 2.24) is 10.4 Å². The van der Waals surface area contributed by atoms with Crippen LogP contribution in [0.1, 0.15) is 15.9 Å². The van der Waals surface area contributed by atoms with Crippen LogP contribution in [0, 0.1) is 10.1 Å². The molecule has 0 saturated heterocycles. The fourth-order valence-corrected chi connectivity index (χ4v) is 2.03. The van der Waals surface area contributed by atoms with Gasteiger partial charge < -0.3 is 5.11 Å². The lowest BCUT2D eigenvalue weighted by Crippen LogP contribution is -2.17. The molecule has 0 radical (unpaired) electrons. The van der Waals surface area contributed by atoms with Crippen LogP contribution < -0.4 is 5.43 Å². The van der Waals surface area contributed by atoms with Gasteiger partial charge in [0.15, 0.2) is 0 Å². The van der Waals surface area contributed by atoms with Crippen molar-refractivity contribution in [2.45, 2.75) is 0 Å². The van der Waals surface area contributed by atoms with E-state index >= 15 is 0 Å². The Kier molecular flexibility index (Phi) is 4.79. The number of rotatable bonds is 4. The van der Waals surface area contributed by atoms with Crippen molar-refractivity contribution in [2.24, 2.45) is 5.10 Å². The first-order chi connectivity index (χ1) is 10.5. The summed E-state index contributed by atoms with van der Waals surface area (Å²) in [5.74, 6) is -1.00. The van der Waals surface area contributed by atoms with Crippen LogP contribution in [-0.4, -0.2) is 27.1 Å². The van der Waals surface area contributed by atoms with Crippen molar-refractivity contribution in [1.29, 1.82) is 0 Å². The molecular formula is C13H9BrN4O4. The molecule has 0 aliphatic rings. The Bertz CT molecular complexity index is 749. The fourth-order valence-electron chi connectivity index (χ4n) is 1.57. The molecule has 8 nitrogen and oxygen atoms in total. The van der Waals surface area contributed by atoms with Crippen LogP contribution in [0.25, 0.3) is 0 Å². The van der Waals surface area contributed by atoms with Gasteiger partial charge in [0.1, 0.15) is 0 Å². The Labute approximate surface area is 132 Å². The number of carbonyl (C=O) groups is 1. The minimum absolute atomic E-state index is 0.0936. The number of amides is 1. The van der Waals surface area contributed by atoms with Gasteiger partial charge in [-0.15, -0.1) is 0 Å². The number of aromatic hydroxyl groups is 1. The number of phenolic OH excluding ortho intramolecular Hbond substituents is 1. The average molecular weight is 365 g/mol. The SMILES string of the molecule is O=C(N/N=C/c1cc(Br)cc([N+](=O)[O-])c1O)c1ccncc1. The fraction of sp³-hybridized carbons (Fsp3) is 0. The monoisotopic (exact) mass is 364 g/mol. The number of hydrogen-bond acceptors (Lipinski definition) is 6. The number of phenols is 1. The van der Waals surface area contributed by atoms with Gasteiger partial charge in [-0.3, -0.25) is 19.9 Å². The second-order valence-corrected chi connectivity index (χ2v) is 4.97. The van der Waals surface area contributed by atoms with Crippen LogP contribution in [-0.2, 0) is 0 Å². The maximum Gasteiger partial charge on any atom is 0.312 e. The van der Waals surface area contributed by atoms with Crippen LogP contribution in [0.15, 0.2) is 46.2 Å². The number of aromatic nitrogens is 1. The van der Waals surface area contributed by atoms with Gasteiger partial charge >= 0.3 is 5.69 Å². The minimum Gasteiger partial charge on any atom is -0.502 e. The molecule has 0 spiro atoms. The first-order valence-electron chi connectivity index (χ1n) is 5.89. The average Bonchev–Trinajstić information content (AvgIpc) is 2.50. The summed E-state index contributed by atoms with van der Waals surface area (Å²) in [5.41, 5.74) is 2.24. The smallest absolute Gasteiger partial charge is 0.312 e. The number of halogens is 1. The van der Waals surface area contributed by atoms with Crippen LogP contribution in [0.4, 0.5) is 5.69 Å². The summed E-state index contributed by atoms with van der Waals surface area (Å²) in [6.45, 7) is 0. The van der Waals surface area contributed by atoms with E-state index < -0.39 is 22.3 Å². The Morgan fingerprint density at radius 2 is 2.09 bits per heavy atom. The molecule has 0 aliphatic carbocycles. The highest BCUT2D eigenvalue weighted by Gasteiger charge is 2.17. The van der Waals surface area contributed by atoms with Crippen molar-refractivity contribution in [3.63, 3.8) is 0 Å². The predicted octanol–water partition coefficient (Wildman–Crippen LogP) is 2.22. The number of carbonyl (C=O) groups excluding carboxylic acids is 1. The summed E-state index contributed by atoms with van der Waals surface area (Å²) in [7, 11) is 0. The van der Waals surface area contributed by atoms with Gasteiger partial charge in [0.25, 0.3) is 5.91 Å². The Morgan fingerprint density at radius 1 is 1.41 bits per heavy atom. The molecule has 1 aromatic heterocycles. The predicted molar refractivity (Wildman–Crippen MR) is 81.8 cm³/mol. The molecule has 0 unspecified atom stereocenters. The van der Waals surface area contributed by atoms with E-state index in [1.165, 1.54) is 36.7 Å². The third kappa shape index (κ3) is 3.64. The van der Waals surface area contributed by atoms with E-state index in [1.54, 1.807) is 0 Å². The third-order valence-corrected chi connectivity index (χ3v) is 3.05. The van der Waals surface area contributed by atoms with E-state index in [0.29, 0.717) is 10.0 Å². The van der Waals surface area contributed by atoms with Crippen molar-refractivity contribution >= 4 is 33.7 Å². The third-order valence-electron chi connectivity index (χ3n) is 2.59. The summed E-state index contributed by atoms with van der Waals surface area (Å²) in [5, 5.41) is 24.3. The number of nitrogens with one attached hydrogen (secondary N) is 1. The lowest BCUT2D eigenvalue weighted by Gasteiger charge is -2.02. The van der Waals surface area contributed by atoms with Crippen LogP contribution >= 0.6 is 15.9 Å². The topological polar surface area (TPSA) is 118 Å².